The number of hydrogen-bond donors (Lipinski definition) is 2. The number of rotatable bonds is 5. The summed E-state index contributed by atoms with van der Waals surface area (Å²) in [6.07, 6.45) is 3.03. The molecule has 2 rings (SSSR count). The Kier molecular flexibility index (Phi) is 4.51. The minimum atomic E-state index is -1.19. The van der Waals surface area contributed by atoms with Crippen LogP contribution < -0.4 is 5.32 Å². The van der Waals surface area contributed by atoms with E-state index in [0.29, 0.717) is 10.7 Å². The minimum Gasteiger partial charge on any atom is -0.479 e. The van der Waals surface area contributed by atoms with Gasteiger partial charge in [-0.05, 0) is 25.5 Å². The van der Waals surface area contributed by atoms with Crippen LogP contribution in [0.4, 0.5) is 5.69 Å². The van der Waals surface area contributed by atoms with E-state index in [2.05, 4.69) is 10.4 Å². The first-order valence-corrected chi connectivity index (χ1v) is 7.00. The van der Waals surface area contributed by atoms with Crippen molar-refractivity contribution in [3.8, 4) is 0 Å². The number of benzene rings is 1. The summed E-state index contributed by atoms with van der Waals surface area (Å²) in [5.41, 5.74) is -0.0302. The van der Waals surface area contributed by atoms with Crippen molar-refractivity contribution in [2.24, 2.45) is 0 Å². The fraction of sp³-hybridized carbons (Fsp3) is 0.267. The van der Waals surface area contributed by atoms with Crippen molar-refractivity contribution in [1.29, 1.82) is 0 Å². The van der Waals surface area contributed by atoms with Crippen molar-refractivity contribution in [2.75, 3.05) is 5.32 Å². The highest BCUT2D eigenvalue weighted by Crippen LogP contribution is 2.19. The van der Waals surface area contributed by atoms with Gasteiger partial charge in [0, 0.05) is 11.2 Å². The van der Waals surface area contributed by atoms with Crippen LogP contribution in [0.5, 0.6) is 0 Å². The summed E-state index contributed by atoms with van der Waals surface area (Å²) in [4.78, 5) is 23.2. The smallest absolute Gasteiger partial charge is 0.331 e. The Morgan fingerprint density at radius 3 is 2.68 bits per heavy atom. The van der Waals surface area contributed by atoms with Gasteiger partial charge in [0.2, 0.25) is 5.91 Å². The quantitative estimate of drug-likeness (QED) is 0.886. The number of carbonyl (C=O) groups is 2. The average molecular weight is 322 g/mol. The van der Waals surface area contributed by atoms with Crippen LogP contribution in [0.2, 0.25) is 5.02 Å². The largest absolute Gasteiger partial charge is 0.479 e. The third kappa shape index (κ3) is 3.46. The third-order valence-corrected chi connectivity index (χ3v) is 3.64. The van der Waals surface area contributed by atoms with Gasteiger partial charge in [-0.15, -0.1) is 0 Å². The molecular weight excluding hydrogens is 306 g/mol. The Hall–Kier alpha value is -2.34. The highest BCUT2D eigenvalue weighted by Gasteiger charge is 2.30. The van der Waals surface area contributed by atoms with E-state index in [9.17, 15) is 9.59 Å². The maximum Gasteiger partial charge on any atom is 0.331 e. The maximum atomic E-state index is 12.0. The normalized spacial score (nSPS) is 11.2. The molecule has 6 nitrogen and oxygen atoms in total. The van der Waals surface area contributed by atoms with Crippen LogP contribution >= 0.6 is 11.6 Å². The SMILES string of the molecule is CC(C)(C(=O)O)n1cc(NC(=O)Cc2ccccc2Cl)cn1. The molecule has 0 fully saturated rings. The summed E-state index contributed by atoms with van der Waals surface area (Å²) < 4.78 is 1.29. The standard InChI is InChI=1S/C15H16ClN3O3/c1-15(2,14(21)22)19-9-11(8-17-19)18-13(20)7-10-5-3-4-6-12(10)16/h3-6,8-9H,7H2,1-2H3,(H,18,20)(H,21,22). The lowest BCUT2D eigenvalue weighted by molar-refractivity contribution is -0.146. The van der Waals surface area contributed by atoms with Crippen LogP contribution in [0.1, 0.15) is 19.4 Å². The van der Waals surface area contributed by atoms with Crippen LogP contribution in [0.25, 0.3) is 0 Å². The van der Waals surface area contributed by atoms with Crippen LogP contribution in [-0.2, 0) is 21.5 Å². The summed E-state index contributed by atoms with van der Waals surface area (Å²) in [6, 6.07) is 7.10. The highest BCUT2D eigenvalue weighted by molar-refractivity contribution is 6.31. The molecule has 2 N–H and O–H groups in total. The number of halogens is 1. The average Bonchev–Trinajstić information content (AvgIpc) is 2.90. The predicted molar refractivity (Wildman–Crippen MR) is 83.0 cm³/mol. The zero-order valence-electron chi connectivity index (χ0n) is 12.2. The van der Waals surface area contributed by atoms with Crippen LogP contribution in [0.15, 0.2) is 36.7 Å². The maximum absolute atomic E-state index is 12.0. The third-order valence-electron chi connectivity index (χ3n) is 3.27. The van der Waals surface area contributed by atoms with Gasteiger partial charge in [0.15, 0.2) is 5.54 Å². The lowest BCUT2D eigenvalue weighted by Gasteiger charge is -2.19. The molecule has 0 saturated carbocycles. The van der Waals surface area contributed by atoms with Crippen LogP contribution in [-0.4, -0.2) is 26.8 Å². The number of anilines is 1. The number of hydrogen-bond acceptors (Lipinski definition) is 3. The number of aromatic nitrogens is 2. The van der Waals surface area contributed by atoms with Crippen LogP contribution in [0.3, 0.4) is 0 Å². The van der Waals surface area contributed by atoms with Crippen molar-refractivity contribution >= 4 is 29.2 Å². The lowest BCUT2D eigenvalue weighted by atomic mass is 10.1. The number of carboxylic acid groups (broad SMARTS) is 1. The summed E-state index contributed by atoms with van der Waals surface area (Å²) in [7, 11) is 0. The van der Waals surface area contributed by atoms with Gasteiger partial charge in [0.25, 0.3) is 0 Å². The highest BCUT2D eigenvalue weighted by atomic mass is 35.5. The molecule has 0 atom stereocenters. The summed E-state index contributed by atoms with van der Waals surface area (Å²) in [6.45, 7) is 3.05. The number of aliphatic carboxylic acids is 1. The zero-order chi connectivity index (χ0) is 16.3. The van der Waals surface area contributed by atoms with Gasteiger partial charge < -0.3 is 10.4 Å². The second-order valence-electron chi connectivity index (χ2n) is 5.35. The molecule has 0 saturated heterocycles. The molecule has 1 heterocycles. The minimum absolute atomic E-state index is 0.132. The number of amides is 1. The van der Waals surface area contributed by atoms with E-state index < -0.39 is 11.5 Å². The first-order chi connectivity index (χ1) is 10.3. The molecular formula is C15H16ClN3O3. The number of nitrogens with one attached hydrogen (secondary N) is 1. The monoisotopic (exact) mass is 321 g/mol. The number of carboxylic acids is 1. The van der Waals surface area contributed by atoms with E-state index in [1.807, 2.05) is 6.07 Å². The van der Waals surface area contributed by atoms with E-state index in [4.69, 9.17) is 16.7 Å². The van der Waals surface area contributed by atoms with Gasteiger partial charge in [0.1, 0.15) is 0 Å². The molecule has 0 bridgehead atoms. The van der Waals surface area contributed by atoms with Crippen molar-refractivity contribution in [1.82, 2.24) is 9.78 Å². The lowest BCUT2D eigenvalue weighted by Crippen LogP contribution is -2.35. The van der Waals surface area contributed by atoms with E-state index in [-0.39, 0.29) is 12.3 Å². The Morgan fingerprint density at radius 1 is 1.36 bits per heavy atom. The molecule has 1 amide bonds. The molecule has 0 aliphatic rings. The molecule has 0 unspecified atom stereocenters. The molecule has 22 heavy (non-hydrogen) atoms. The Labute approximate surface area is 132 Å². The summed E-state index contributed by atoms with van der Waals surface area (Å²) in [5, 5.41) is 16.3. The molecule has 0 aliphatic carbocycles. The Bertz CT molecular complexity index is 710. The Balaban J connectivity index is 2.06. The van der Waals surface area contributed by atoms with Gasteiger partial charge in [-0.3, -0.25) is 9.48 Å². The summed E-state index contributed by atoms with van der Waals surface area (Å²) in [5.74, 6) is -1.26. The van der Waals surface area contributed by atoms with Gasteiger partial charge in [-0.1, -0.05) is 29.8 Å². The van der Waals surface area contributed by atoms with Crippen molar-refractivity contribution in [3.05, 3.63) is 47.2 Å². The van der Waals surface area contributed by atoms with E-state index >= 15 is 0 Å². The van der Waals surface area contributed by atoms with Crippen molar-refractivity contribution in [2.45, 2.75) is 25.8 Å². The number of nitrogens with zero attached hydrogens (tertiary/aromatic N) is 2. The molecule has 2 aromatic rings. The molecule has 0 aliphatic heterocycles. The second-order valence-corrected chi connectivity index (χ2v) is 5.76. The van der Waals surface area contributed by atoms with Crippen molar-refractivity contribution in [3.63, 3.8) is 0 Å². The van der Waals surface area contributed by atoms with Crippen LogP contribution in [0, 0.1) is 0 Å². The first-order valence-electron chi connectivity index (χ1n) is 6.62. The molecule has 1 aromatic carbocycles. The predicted octanol–water partition coefficient (Wildman–Crippen LogP) is 2.54. The van der Waals surface area contributed by atoms with E-state index in [1.165, 1.54) is 30.9 Å². The molecule has 7 heteroatoms. The number of carbonyl (C=O) groups excluding carboxylic acids is 1. The topological polar surface area (TPSA) is 84.2 Å². The Morgan fingerprint density at radius 2 is 2.05 bits per heavy atom. The zero-order valence-corrected chi connectivity index (χ0v) is 13.0. The van der Waals surface area contributed by atoms with Crippen molar-refractivity contribution < 1.29 is 14.7 Å². The first kappa shape index (κ1) is 16.0. The fourth-order valence-electron chi connectivity index (χ4n) is 1.81. The van der Waals surface area contributed by atoms with E-state index in [0.717, 1.165) is 5.56 Å². The second kappa shape index (κ2) is 6.19. The fourth-order valence-corrected chi connectivity index (χ4v) is 2.01. The summed E-state index contributed by atoms with van der Waals surface area (Å²) >= 11 is 6.01. The molecule has 0 spiro atoms. The molecule has 1 aromatic heterocycles. The van der Waals surface area contributed by atoms with E-state index in [1.54, 1.807) is 18.2 Å². The molecule has 0 radical (unpaired) electrons. The van der Waals surface area contributed by atoms with Gasteiger partial charge in [-0.2, -0.15) is 5.10 Å². The van der Waals surface area contributed by atoms with Gasteiger partial charge >= 0.3 is 5.97 Å². The van der Waals surface area contributed by atoms with Gasteiger partial charge in [-0.25, -0.2) is 4.79 Å². The van der Waals surface area contributed by atoms with Gasteiger partial charge in [0.05, 0.1) is 18.3 Å². The molecule has 116 valence electrons.